The molecule has 21 heavy (non-hydrogen) atoms. The Bertz CT molecular complexity index is 364. The van der Waals surface area contributed by atoms with Crippen molar-refractivity contribution in [3.8, 4) is 0 Å². The summed E-state index contributed by atoms with van der Waals surface area (Å²) in [5.41, 5.74) is 6.59. The standard InChI is InChI=1S/C17H36N4/c1-12(2)19-14(20-13(3)4)21-17(8)10-15(5,6)9-16(7,18)11-17/h12-13H,9-11,18H2,1-8H3,(H2,19,20,21). The van der Waals surface area contributed by atoms with Crippen molar-refractivity contribution in [3.05, 3.63) is 0 Å². The van der Waals surface area contributed by atoms with E-state index >= 15 is 0 Å². The molecule has 2 atom stereocenters. The van der Waals surface area contributed by atoms with Crippen LogP contribution in [0.5, 0.6) is 0 Å². The van der Waals surface area contributed by atoms with Gasteiger partial charge in [0.05, 0.1) is 0 Å². The Balaban J connectivity index is 2.95. The molecule has 1 aliphatic rings. The first-order chi connectivity index (χ1) is 9.33. The molecule has 4 nitrogen and oxygen atoms in total. The number of nitrogens with two attached hydrogens (primary N) is 1. The van der Waals surface area contributed by atoms with Gasteiger partial charge in [-0.15, -0.1) is 0 Å². The van der Waals surface area contributed by atoms with Crippen LogP contribution in [0, 0.1) is 5.41 Å². The van der Waals surface area contributed by atoms with E-state index in [0.717, 1.165) is 25.2 Å². The van der Waals surface area contributed by atoms with Crippen LogP contribution in [0.1, 0.15) is 74.7 Å². The molecule has 1 rings (SSSR count). The van der Waals surface area contributed by atoms with Crippen molar-refractivity contribution in [3.63, 3.8) is 0 Å². The van der Waals surface area contributed by atoms with Crippen LogP contribution >= 0.6 is 0 Å². The van der Waals surface area contributed by atoms with Crippen LogP contribution in [0.4, 0.5) is 0 Å². The van der Waals surface area contributed by atoms with Crippen molar-refractivity contribution < 1.29 is 0 Å². The molecule has 0 heterocycles. The summed E-state index contributed by atoms with van der Waals surface area (Å²) in [7, 11) is 0. The SMILES string of the molecule is CC(C)N=C(NC(C)C)NC1(C)CC(C)(C)CC(C)(N)C1. The molecule has 2 unspecified atom stereocenters. The quantitative estimate of drug-likeness (QED) is 0.554. The lowest BCUT2D eigenvalue weighted by Gasteiger charge is -2.51. The summed E-state index contributed by atoms with van der Waals surface area (Å²) in [6.45, 7) is 17.5. The fraction of sp³-hybridized carbons (Fsp3) is 0.941. The molecule has 0 aromatic carbocycles. The Hall–Kier alpha value is -0.770. The molecule has 0 spiro atoms. The molecule has 0 radical (unpaired) electrons. The van der Waals surface area contributed by atoms with Gasteiger partial charge in [-0.3, -0.25) is 4.99 Å². The highest BCUT2D eigenvalue weighted by Crippen LogP contribution is 2.44. The van der Waals surface area contributed by atoms with Gasteiger partial charge < -0.3 is 16.4 Å². The maximum Gasteiger partial charge on any atom is 0.192 e. The van der Waals surface area contributed by atoms with Gasteiger partial charge in [0.15, 0.2) is 5.96 Å². The third-order valence-corrected chi connectivity index (χ3v) is 3.78. The third-order valence-electron chi connectivity index (χ3n) is 3.78. The largest absolute Gasteiger partial charge is 0.354 e. The first kappa shape index (κ1) is 18.3. The lowest BCUT2D eigenvalue weighted by Crippen LogP contribution is -2.62. The normalized spacial score (nSPS) is 33.4. The molecule has 4 heteroatoms. The molecule has 0 amide bonds. The van der Waals surface area contributed by atoms with Gasteiger partial charge in [-0.05, 0) is 66.2 Å². The van der Waals surface area contributed by atoms with Crippen molar-refractivity contribution in [2.45, 2.75) is 97.8 Å². The van der Waals surface area contributed by atoms with E-state index in [1.807, 2.05) is 0 Å². The van der Waals surface area contributed by atoms with E-state index in [1.165, 1.54) is 0 Å². The van der Waals surface area contributed by atoms with Gasteiger partial charge in [0.2, 0.25) is 0 Å². The molecule has 1 aliphatic carbocycles. The lowest BCUT2D eigenvalue weighted by atomic mass is 9.62. The number of hydrogen-bond acceptors (Lipinski definition) is 2. The van der Waals surface area contributed by atoms with E-state index in [2.05, 4.69) is 66.0 Å². The van der Waals surface area contributed by atoms with Crippen LogP contribution in [-0.2, 0) is 0 Å². The zero-order chi connectivity index (χ0) is 16.5. The zero-order valence-electron chi connectivity index (χ0n) is 15.3. The molecule has 0 aromatic heterocycles. The van der Waals surface area contributed by atoms with Crippen LogP contribution in [0.15, 0.2) is 4.99 Å². The van der Waals surface area contributed by atoms with Crippen LogP contribution in [-0.4, -0.2) is 29.1 Å². The molecule has 0 aliphatic heterocycles. The van der Waals surface area contributed by atoms with E-state index in [9.17, 15) is 0 Å². The average molecular weight is 297 g/mol. The van der Waals surface area contributed by atoms with E-state index in [0.29, 0.717) is 6.04 Å². The number of nitrogens with one attached hydrogen (secondary N) is 2. The summed E-state index contributed by atoms with van der Waals surface area (Å²) in [4.78, 5) is 4.71. The minimum Gasteiger partial charge on any atom is -0.354 e. The highest BCUT2D eigenvalue weighted by Gasteiger charge is 2.45. The summed E-state index contributed by atoms with van der Waals surface area (Å²) in [6.07, 6.45) is 3.12. The third kappa shape index (κ3) is 6.25. The molecule has 0 aromatic rings. The van der Waals surface area contributed by atoms with Crippen molar-refractivity contribution in [1.82, 2.24) is 10.6 Å². The summed E-state index contributed by atoms with van der Waals surface area (Å²) < 4.78 is 0. The van der Waals surface area contributed by atoms with E-state index in [4.69, 9.17) is 10.7 Å². The second-order valence-electron chi connectivity index (χ2n) is 8.90. The van der Waals surface area contributed by atoms with Gasteiger partial charge in [-0.2, -0.15) is 0 Å². The van der Waals surface area contributed by atoms with Gasteiger partial charge in [0.1, 0.15) is 0 Å². The fourth-order valence-corrected chi connectivity index (χ4v) is 4.24. The molecule has 124 valence electrons. The van der Waals surface area contributed by atoms with Crippen LogP contribution in [0.2, 0.25) is 0 Å². The predicted molar refractivity (Wildman–Crippen MR) is 92.6 cm³/mol. The van der Waals surface area contributed by atoms with Gasteiger partial charge >= 0.3 is 0 Å². The summed E-state index contributed by atoms with van der Waals surface area (Å²) in [5, 5.41) is 7.10. The Morgan fingerprint density at radius 1 is 1.00 bits per heavy atom. The van der Waals surface area contributed by atoms with Crippen LogP contribution in [0.25, 0.3) is 0 Å². The minimum absolute atomic E-state index is 0.0269. The number of guanidine groups is 1. The highest BCUT2D eigenvalue weighted by molar-refractivity contribution is 5.81. The number of aliphatic imine (C=N–C) groups is 1. The molecule has 1 saturated carbocycles. The summed E-state index contributed by atoms with van der Waals surface area (Å²) in [5.74, 6) is 0.899. The number of rotatable bonds is 3. The van der Waals surface area contributed by atoms with E-state index in [-0.39, 0.29) is 22.5 Å². The molecule has 0 saturated heterocycles. The van der Waals surface area contributed by atoms with Gasteiger partial charge in [0.25, 0.3) is 0 Å². The molecular weight excluding hydrogens is 260 g/mol. The predicted octanol–water partition coefficient (Wildman–Crippen LogP) is 3.02. The fourth-order valence-electron chi connectivity index (χ4n) is 4.24. The maximum atomic E-state index is 6.51. The number of hydrogen-bond donors (Lipinski definition) is 3. The monoisotopic (exact) mass is 296 g/mol. The topological polar surface area (TPSA) is 62.4 Å². The Morgan fingerprint density at radius 2 is 1.57 bits per heavy atom. The maximum absolute atomic E-state index is 6.51. The summed E-state index contributed by atoms with van der Waals surface area (Å²) >= 11 is 0. The van der Waals surface area contributed by atoms with Crippen molar-refractivity contribution >= 4 is 5.96 Å². The second-order valence-corrected chi connectivity index (χ2v) is 8.90. The Kier molecular flexibility index (Phi) is 5.36. The smallest absolute Gasteiger partial charge is 0.192 e. The van der Waals surface area contributed by atoms with Crippen molar-refractivity contribution in [1.29, 1.82) is 0 Å². The molecule has 1 fully saturated rings. The van der Waals surface area contributed by atoms with Gasteiger partial charge in [-0.25, -0.2) is 0 Å². The Labute approximate surface area is 131 Å². The first-order valence-corrected chi connectivity index (χ1v) is 8.24. The van der Waals surface area contributed by atoms with Crippen molar-refractivity contribution in [2.24, 2.45) is 16.1 Å². The second kappa shape index (κ2) is 6.15. The van der Waals surface area contributed by atoms with Crippen LogP contribution < -0.4 is 16.4 Å². The first-order valence-electron chi connectivity index (χ1n) is 8.24. The lowest BCUT2D eigenvalue weighted by molar-refractivity contribution is 0.0859. The molecular formula is C17H36N4. The highest BCUT2D eigenvalue weighted by atomic mass is 15.2. The molecule has 0 bridgehead atoms. The molecule has 4 N–H and O–H groups in total. The van der Waals surface area contributed by atoms with E-state index in [1.54, 1.807) is 0 Å². The average Bonchev–Trinajstić information content (AvgIpc) is 2.05. The Morgan fingerprint density at radius 3 is 2.00 bits per heavy atom. The van der Waals surface area contributed by atoms with Gasteiger partial charge in [0, 0.05) is 23.2 Å². The van der Waals surface area contributed by atoms with E-state index < -0.39 is 0 Å². The van der Waals surface area contributed by atoms with Crippen molar-refractivity contribution in [2.75, 3.05) is 0 Å². The number of nitrogens with zero attached hydrogens (tertiary/aromatic N) is 1. The van der Waals surface area contributed by atoms with Gasteiger partial charge in [-0.1, -0.05) is 13.8 Å². The minimum atomic E-state index is -0.135. The van der Waals surface area contributed by atoms with Crippen LogP contribution in [0.3, 0.4) is 0 Å². The zero-order valence-corrected chi connectivity index (χ0v) is 15.3. The summed E-state index contributed by atoms with van der Waals surface area (Å²) in [6, 6.07) is 0.627.